The van der Waals surface area contributed by atoms with Gasteiger partial charge in [-0.2, -0.15) is 0 Å². The molecule has 2 N–H and O–H groups in total. The van der Waals surface area contributed by atoms with E-state index >= 15 is 0 Å². The SMILES string of the molecule is COC(=O)c1nc(N)sc1-c1ccc(OC)c(OC)c1OC. The highest BCUT2D eigenvalue weighted by Gasteiger charge is 2.25. The molecule has 2 rings (SSSR count). The van der Waals surface area contributed by atoms with Crippen LogP contribution in [0.4, 0.5) is 5.13 Å². The van der Waals surface area contributed by atoms with Gasteiger partial charge in [-0.05, 0) is 12.1 Å². The maximum atomic E-state index is 11.9. The summed E-state index contributed by atoms with van der Waals surface area (Å²) in [4.78, 5) is 16.4. The second-order valence-corrected chi connectivity index (χ2v) is 5.13. The minimum absolute atomic E-state index is 0.135. The van der Waals surface area contributed by atoms with Crippen molar-refractivity contribution >= 4 is 22.4 Å². The Morgan fingerprint density at radius 1 is 1.09 bits per heavy atom. The highest BCUT2D eigenvalue weighted by molar-refractivity contribution is 7.19. The number of nitrogens with zero attached hydrogens (tertiary/aromatic N) is 1. The van der Waals surface area contributed by atoms with Crippen molar-refractivity contribution in [3.05, 3.63) is 17.8 Å². The number of carbonyl (C=O) groups is 1. The van der Waals surface area contributed by atoms with E-state index in [0.717, 1.165) is 11.3 Å². The van der Waals surface area contributed by atoms with Crippen molar-refractivity contribution in [1.82, 2.24) is 4.98 Å². The summed E-state index contributed by atoms with van der Waals surface area (Å²) < 4.78 is 20.7. The van der Waals surface area contributed by atoms with Crippen LogP contribution in [0, 0.1) is 0 Å². The Labute approximate surface area is 131 Å². The third kappa shape index (κ3) is 2.64. The second-order valence-electron chi connectivity index (χ2n) is 4.10. The lowest BCUT2D eigenvalue weighted by molar-refractivity contribution is 0.0596. The maximum absolute atomic E-state index is 11.9. The van der Waals surface area contributed by atoms with Gasteiger partial charge in [0, 0.05) is 5.56 Å². The van der Waals surface area contributed by atoms with Crippen molar-refractivity contribution in [2.75, 3.05) is 34.2 Å². The topological polar surface area (TPSA) is 92.9 Å². The molecular formula is C14H16N2O5S. The molecule has 1 aromatic heterocycles. The standard InChI is InChI=1S/C14H16N2O5S/c1-18-8-6-5-7(10(19-2)11(8)20-3)12-9(13(17)21-4)16-14(15)22-12/h5-6H,1-4H3,(H2,15,16). The molecule has 0 saturated carbocycles. The third-order valence-corrected chi connectivity index (χ3v) is 3.89. The van der Waals surface area contributed by atoms with Crippen LogP contribution in [0.15, 0.2) is 12.1 Å². The van der Waals surface area contributed by atoms with Crippen molar-refractivity contribution in [2.24, 2.45) is 0 Å². The van der Waals surface area contributed by atoms with Crippen LogP contribution in [0.2, 0.25) is 0 Å². The second kappa shape index (κ2) is 6.52. The largest absolute Gasteiger partial charge is 0.493 e. The zero-order valence-electron chi connectivity index (χ0n) is 12.6. The number of anilines is 1. The number of ether oxygens (including phenoxy) is 4. The summed E-state index contributed by atoms with van der Waals surface area (Å²) in [5, 5.41) is 0.257. The van der Waals surface area contributed by atoms with Crippen molar-refractivity contribution in [1.29, 1.82) is 0 Å². The molecule has 0 unspecified atom stereocenters. The minimum atomic E-state index is -0.570. The molecule has 2 aromatic rings. The molecular weight excluding hydrogens is 308 g/mol. The zero-order valence-corrected chi connectivity index (χ0v) is 13.4. The fourth-order valence-corrected chi connectivity index (χ4v) is 2.88. The van der Waals surface area contributed by atoms with Crippen LogP contribution in [0.5, 0.6) is 17.2 Å². The molecule has 0 amide bonds. The predicted octanol–water partition coefficient (Wildman–Crippen LogP) is 2.20. The van der Waals surface area contributed by atoms with E-state index in [1.165, 1.54) is 28.4 Å². The van der Waals surface area contributed by atoms with E-state index in [-0.39, 0.29) is 10.8 Å². The summed E-state index contributed by atoms with van der Waals surface area (Å²) in [6.45, 7) is 0. The summed E-state index contributed by atoms with van der Waals surface area (Å²) >= 11 is 1.16. The first kappa shape index (κ1) is 15.9. The Morgan fingerprint density at radius 3 is 2.32 bits per heavy atom. The number of nitrogen functional groups attached to an aromatic ring is 1. The van der Waals surface area contributed by atoms with Crippen LogP contribution in [0.3, 0.4) is 0 Å². The molecule has 0 bridgehead atoms. The van der Waals surface area contributed by atoms with Crippen molar-refractivity contribution in [2.45, 2.75) is 0 Å². The molecule has 0 atom stereocenters. The number of hydrogen-bond acceptors (Lipinski definition) is 8. The fraction of sp³-hybridized carbons (Fsp3) is 0.286. The number of methoxy groups -OCH3 is 4. The predicted molar refractivity (Wildman–Crippen MR) is 83.0 cm³/mol. The minimum Gasteiger partial charge on any atom is -0.493 e. The van der Waals surface area contributed by atoms with Crippen LogP contribution in [0.25, 0.3) is 10.4 Å². The molecule has 0 aliphatic rings. The van der Waals surface area contributed by atoms with E-state index in [1.54, 1.807) is 12.1 Å². The maximum Gasteiger partial charge on any atom is 0.358 e. The van der Waals surface area contributed by atoms with Gasteiger partial charge in [0.2, 0.25) is 5.75 Å². The molecule has 0 radical (unpaired) electrons. The number of aromatic nitrogens is 1. The normalized spacial score (nSPS) is 10.2. The van der Waals surface area contributed by atoms with Crippen molar-refractivity contribution in [3.8, 4) is 27.7 Å². The molecule has 118 valence electrons. The van der Waals surface area contributed by atoms with Crippen LogP contribution < -0.4 is 19.9 Å². The fourth-order valence-electron chi connectivity index (χ4n) is 2.03. The van der Waals surface area contributed by atoms with E-state index in [2.05, 4.69) is 4.98 Å². The highest BCUT2D eigenvalue weighted by atomic mass is 32.1. The van der Waals surface area contributed by atoms with E-state index in [9.17, 15) is 4.79 Å². The smallest absolute Gasteiger partial charge is 0.358 e. The highest BCUT2D eigenvalue weighted by Crippen LogP contribution is 2.46. The summed E-state index contributed by atoms with van der Waals surface area (Å²) in [7, 11) is 5.82. The molecule has 1 heterocycles. The Balaban J connectivity index is 2.70. The van der Waals surface area contributed by atoms with Crippen molar-refractivity contribution < 1.29 is 23.7 Å². The Bertz CT molecular complexity index is 699. The first-order chi connectivity index (χ1) is 10.6. The lowest BCUT2D eigenvalue weighted by Gasteiger charge is -2.15. The molecule has 7 nitrogen and oxygen atoms in total. The molecule has 22 heavy (non-hydrogen) atoms. The van der Waals surface area contributed by atoms with Crippen LogP contribution in [-0.2, 0) is 4.74 Å². The van der Waals surface area contributed by atoms with Crippen LogP contribution >= 0.6 is 11.3 Å². The number of thiazole rings is 1. The Kier molecular flexibility index (Phi) is 4.71. The first-order valence-electron chi connectivity index (χ1n) is 6.21. The molecule has 0 saturated heterocycles. The van der Waals surface area contributed by atoms with Gasteiger partial charge in [-0.1, -0.05) is 11.3 Å². The van der Waals surface area contributed by atoms with Gasteiger partial charge in [0.05, 0.1) is 33.3 Å². The molecule has 0 fully saturated rings. The molecule has 1 aromatic carbocycles. The van der Waals surface area contributed by atoms with Crippen molar-refractivity contribution in [3.63, 3.8) is 0 Å². The number of carbonyl (C=O) groups excluding carboxylic acids is 1. The quantitative estimate of drug-likeness (QED) is 0.843. The summed E-state index contributed by atoms with van der Waals surface area (Å²) in [5.74, 6) is 0.793. The van der Waals surface area contributed by atoms with Gasteiger partial charge in [0.25, 0.3) is 0 Å². The van der Waals surface area contributed by atoms with Gasteiger partial charge in [-0.25, -0.2) is 9.78 Å². The van der Waals surface area contributed by atoms with E-state index in [4.69, 9.17) is 24.7 Å². The first-order valence-corrected chi connectivity index (χ1v) is 7.02. The molecule has 0 aliphatic carbocycles. The average Bonchev–Trinajstić information content (AvgIpc) is 2.93. The van der Waals surface area contributed by atoms with Crippen LogP contribution in [0.1, 0.15) is 10.5 Å². The van der Waals surface area contributed by atoms with E-state index in [1.807, 2.05) is 0 Å². The summed E-state index contributed by atoms with van der Waals surface area (Å²) in [6, 6.07) is 3.47. The Hall–Kier alpha value is -2.48. The number of benzene rings is 1. The number of esters is 1. The van der Waals surface area contributed by atoms with Gasteiger partial charge in [0.15, 0.2) is 22.3 Å². The summed E-state index contributed by atoms with van der Waals surface area (Å²) in [5.41, 5.74) is 6.49. The van der Waals surface area contributed by atoms with Gasteiger partial charge in [-0.3, -0.25) is 0 Å². The third-order valence-electron chi connectivity index (χ3n) is 2.97. The molecule has 8 heteroatoms. The van der Waals surface area contributed by atoms with Gasteiger partial charge in [-0.15, -0.1) is 0 Å². The lowest BCUT2D eigenvalue weighted by atomic mass is 10.1. The zero-order chi connectivity index (χ0) is 16.3. The monoisotopic (exact) mass is 324 g/mol. The average molecular weight is 324 g/mol. The molecule has 0 spiro atoms. The van der Waals surface area contributed by atoms with Gasteiger partial charge < -0.3 is 24.7 Å². The Morgan fingerprint density at radius 2 is 1.77 bits per heavy atom. The van der Waals surface area contributed by atoms with E-state index in [0.29, 0.717) is 27.7 Å². The van der Waals surface area contributed by atoms with Gasteiger partial charge >= 0.3 is 5.97 Å². The van der Waals surface area contributed by atoms with Crippen LogP contribution in [-0.4, -0.2) is 39.4 Å². The number of rotatable bonds is 5. The number of hydrogen-bond donors (Lipinski definition) is 1. The van der Waals surface area contributed by atoms with Gasteiger partial charge in [0.1, 0.15) is 0 Å². The lowest BCUT2D eigenvalue weighted by Crippen LogP contribution is -2.04. The summed E-state index contributed by atoms with van der Waals surface area (Å²) in [6.07, 6.45) is 0. The van der Waals surface area contributed by atoms with E-state index < -0.39 is 5.97 Å². The number of nitrogens with two attached hydrogens (primary N) is 1. The molecule has 0 aliphatic heterocycles.